The largest absolute Gasteiger partial charge is 0.477 e. The molecule has 0 radical (unpaired) electrons. The van der Waals surface area contributed by atoms with Gasteiger partial charge in [-0.2, -0.15) is 0 Å². The van der Waals surface area contributed by atoms with Crippen molar-refractivity contribution in [2.24, 2.45) is 5.73 Å². The van der Waals surface area contributed by atoms with Gasteiger partial charge < -0.3 is 20.7 Å². The van der Waals surface area contributed by atoms with Crippen LogP contribution < -0.4 is 20.7 Å². The van der Waals surface area contributed by atoms with Gasteiger partial charge in [0.25, 0.3) is 5.91 Å². The maximum atomic E-state index is 13.2. The Hall–Kier alpha value is -3.68. The van der Waals surface area contributed by atoms with Gasteiger partial charge in [-0.1, -0.05) is 12.1 Å². The molecule has 0 spiro atoms. The maximum absolute atomic E-state index is 13.2. The van der Waals surface area contributed by atoms with Gasteiger partial charge in [-0.3, -0.25) is 14.6 Å². The van der Waals surface area contributed by atoms with Gasteiger partial charge in [0.15, 0.2) is 5.60 Å². The summed E-state index contributed by atoms with van der Waals surface area (Å²) in [4.78, 5) is 35.8. The molecule has 2 aliphatic rings. The SMILES string of the molecule is CC(C)(Oc1ccnc2ccccc12)C(=O)NC1C[C@H]2CC[C@@H](C1)N2c1ccc(C(N)=O)cn1. The van der Waals surface area contributed by atoms with Crippen LogP contribution in [0, 0.1) is 0 Å². The minimum Gasteiger partial charge on any atom is -0.477 e. The molecule has 2 aliphatic heterocycles. The average molecular weight is 460 g/mol. The number of amides is 2. The van der Waals surface area contributed by atoms with E-state index in [1.54, 1.807) is 32.2 Å². The lowest BCUT2D eigenvalue weighted by Crippen LogP contribution is -2.55. The first kappa shape index (κ1) is 22.1. The summed E-state index contributed by atoms with van der Waals surface area (Å²) in [6, 6.07) is 13.8. The molecule has 1 aromatic carbocycles. The number of carbonyl (C=O) groups excluding carboxylic acids is 2. The molecule has 2 bridgehead atoms. The molecule has 3 atom stereocenters. The van der Waals surface area contributed by atoms with Crippen LogP contribution in [-0.2, 0) is 4.79 Å². The lowest BCUT2D eigenvalue weighted by Gasteiger charge is -2.40. The van der Waals surface area contributed by atoms with Crippen molar-refractivity contribution < 1.29 is 14.3 Å². The van der Waals surface area contributed by atoms with E-state index in [0.29, 0.717) is 23.4 Å². The molecule has 8 heteroatoms. The molecule has 176 valence electrons. The van der Waals surface area contributed by atoms with Crippen molar-refractivity contribution >= 4 is 28.5 Å². The minimum atomic E-state index is -1.04. The summed E-state index contributed by atoms with van der Waals surface area (Å²) in [6.07, 6.45) is 7.03. The van der Waals surface area contributed by atoms with Gasteiger partial charge in [-0.05, 0) is 69.9 Å². The Kier molecular flexibility index (Phi) is 5.59. The zero-order valence-electron chi connectivity index (χ0n) is 19.4. The second kappa shape index (κ2) is 8.59. The van der Waals surface area contributed by atoms with Crippen molar-refractivity contribution in [2.75, 3.05) is 4.90 Å². The first-order valence-corrected chi connectivity index (χ1v) is 11.7. The molecule has 8 nitrogen and oxygen atoms in total. The van der Waals surface area contributed by atoms with E-state index >= 15 is 0 Å². The first-order valence-electron chi connectivity index (χ1n) is 11.7. The third kappa shape index (κ3) is 4.16. The molecular formula is C26H29N5O3. The third-order valence-corrected chi connectivity index (χ3v) is 6.89. The molecule has 0 aliphatic carbocycles. The lowest BCUT2D eigenvalue weighted by atomic mass is 9.96. The van der Waals surface area contributed by atoms with Gasteiger partial charge in [-0.15, -0.1) is 0 Å². The number of ether oxygens (including phenoxy) is 1. The Balaban J connectivity index is 1.25. The van der Waals surface area contributed by atoms with E-state index < -0.39 is 11.5 Å². The van der Waals surface area contributed by atoms with Crippen molar-refractivity contribution in [3.8, 4) is 5.75 Å². The fraction of sp³-hybridized carbons (Fsp3) is 0.385. The lowest BCUT2D eigenvalue weighted by molar-refractivity contribution is -0.135. The van der Waals surface area contributed by atoms with Gasteiger partial charge in [0.1, 0.15) is 11.6 Å². The number of primary amides is 1. The molecule has 2 aromatic heterocycles. The second-order valence-corrected chi connectivity index (χ2v) is 9.64. The van der Waals surface area contributed by atoms with Gasteiger partial charge in [0, 0.05) is 35.9 Å². The normalized spacial score (nSPS) is 21.9. The Morgan fingerprint density at radius 2 is 1.79 bits per heavy atom. The zero-order chi connectivity index (χ0) is 23.9. The number of nitrogens with one attached hydrogen (secondary N) is 1. The van der Waals surface area contributed by atoms with Crippen molar-refractivity contribution in [1.82, 2.24) is 15.3 Å². The average Bonchev–Trinajstić information content (AvgIpc) is 3.09. The van der Waals surface area contributed by atoms with Crippen LogP contribution in [0.5, 0.6) is 5.75 Å². The van der Waals surface area contributed by atoms with E-state index in [0.717, 1.165) is 42.4 Å². The highest BCUT2D eigenvalue weighted by Gasteiger charge is 2.43. The van der Waals surface area contributed by atoms with Gasteiger partial charge in [0.05, 0.1) is 11.1 Å². The maximum Gasteiger partial charge on any atom is 0.263 e. The number of benzene rings is 1. The predicted molar refractivity (Wildman–Crippen MR) is 130 cm³/mol. The summed E-state index contributed by atoms with van der Waals surface area (Å²) >= 11 is 0. The van der Waals surface area contributed by atoms with Gasteiger partial charge in [0.2, 0.25) is 5.91 Å². The minimum absolute atomic E-state index is 0.0724. The molecule has 0 saturated carbocycles. The smallest absolute Gasteiger partial charge is 0.263 e. The van der Waals surface area contributed by atoms with Crippen molar-refractivity contribution in [3.05, 3.63) is 60.4 Å². The van der Waals surface area contributed by atoms with Crippen molar-refractivity contribution in [1.29, 1.82) is 0 Å². The number of piperidine rings is 1. The number of rotatable bonds is 6. The molecule has 1 unspecified atom stereocenters. The van der Waals surface area contributed by atoms with Gasteiger partial charge >= 0.3 is 0 Å². The van der Waals surface area contributed by atoms with E-state index in [-0.39, 0.29) is 11.9 Å². The van der Waals surface area contributed by atoms with Crippen LogP contribution in [0.4, 0.5) is 5.82 Å². The summed E-state index contributed by atoms with van der Waals surface area (Å²) in [5.74, 6) is 0.893. The number of pyridine rings is 2. The summed E-state index contributed by atoms with van der Waals surface area (Å²) in [6.45, 7) is 3.59. The molecule has 34 heavy (non-hydrogen) atoms. The number of anilines is 1. The molecule has 3 N–H and O–H groups in total. The Labute approximate surface area is 198 Å². The number of carbonyl (C=O) groups is 2. The van der Waals surface area contributed by atoms with Crippen LogP contribution in [-0.4, -0.2) is 45.5 Å². The highest BCUT2D eigenvalue weighted by atomic mass is 16.5. The number of para-hydroxylation sites is 1. The van der Waals surface area contributed by atoms with Crippen LogP contribution in [0.25, 0.3) is 10.9 Å². The number of nitrogens with zero attached hydrogens (tertiary/aromatic N) is 3. The quantitative estimate of drug-likeness (QED) is 0.586. The Bertz CT molecular complexity index is 1210. The molecular weight excluding hydrogens is 430 g/mol. The summed E-state index contributed by atoms with van der Waals surface area (Å²) < 4.78 is 6.20. The monoisotopic (exact) mass is 459 g/mol. The molecule has 4 heterocycles. The number of aromatic nitrogens is 2. The standard InChI is InChI=1S/C26H29N5O3/c1-26(2,34-22-11-12-28-21-6-4-3-5-20(21)22)25(33)30-17-13-18-8-9-19(14-17)31(18)23-10-7-16(15-29-23)24(27)32/h3-7,10-12,15,17-19H,8-9,13-14H2,1-2H3,(H2,27,32)(H,30,33)/t17?,18-,19+. The second-order valence-electron chi connectivity index (χ2n) is 9.64. The number of fused-ring (bicyclic) bond motifs is 3. The molecule has 2 saturated heterocycles. The number of hydrogen-bond acceptors (Lipinski definition) is 6. The summed E-state index contributed by atoms with van der Waals surface area (Å²) in [7, 11) is 0. The highest BCUT2D eigenvalue weighted by Crippen LogP contribution is 2.39. The van der Waals surface area contributed by atoms with Gasteiger partial charge in [-0.25, -0.2) is 4.98 Å². The first-order chi connectivity index (χ1) is 16.3. The Morgan fingerprint density at radius 1 is 1.06 bits per heavy atom. The number of hydrogen-bond donors (Lipinski definition) is 2. The van der Waals surface area contributed by atoms with Crippen LogP contribution in [0.2, 0.25) is 0 Å². The fourth-order valence-corrected chi connectivity index (χ4v) is 5.19. The molecule has 5 rings (SSSR count). The molecule has 2 fully saturated rings. The molecule has 3 aromatic rings. The molecule has 2 amide bonds. The highest BCUT2D eigenvalue weighted by molar-refractivity contribution is 5.92. The fourth-order valence-electron chi connectivity index (χ4n) is 5.19. The van der Waals surface area contributed by atoms with Crippen molar-refractivity contribution in [3.63, 3.8) is 0 Å². The van der Waals surface area contributed by atoms with E-state index in [1.165, 1.54) is 6.20 Å². The van der Waals surface area contributed by atoms with E-state index in [2.05, 4.69) is 20.2 Å². The van der Waals surface area contributed by atoms with E-state index in [1.807, 2.05) is 30.3 Å². The van der Waals surface area contributed by atoms with E-state index in [4.69, 9.17) is 10.5 Å². The van der Waals surface area contributed by atoms with Crippen LogP contribution >= 0.6 is 0 Å². The van der Waals surface area contributed by atoms with Crippen molar-refractivity contribution in [2.45, 2.75) is 63.3 Å². The van der Waals surface area contributed by atoms with Crippen LogP contribution in [0.3, 0.4) is 0 Å². The Morgan fingerprint density at radius 3 is 2.47 bits per heavy atom. The summed E-state index contributed by atoms with van der Waals surface area (Å²) in [5, 5.41) is 4.12. The third-order valence-electron chi connectivity index (χ3n) is 6.89. The van der Waals surface area contributed by atoms with E-state index in [9.17, 15) is 9.59 Å². The topological polar surface area (TPSA) is 110 Å². The number of nitrogens with two attached hydrogens (primary N) is 1. The predicted octanol–water partition coefficient (Wildman–Crippen LogP) is 3.20. The van der Waals surface area contributed by atoms with Crippen LogP contribution in [0.1, 0.15) is 49.9 Å². The summed E-state index contributed by atoms with van der Waals surface area (Å²) in [5.41, 5.74) is 5.54. The van der Waals surface area contributed by atoms with Crippen LogP contribution in [0.15, 0.2) is 54.9 Å². The zero-order valence-corrected chi connectivity index (χ0v) is 19.4.